The summed E-state index contributed by atoms with van der Waals surface area (Å²) in [4.78, 5) is 13.2. The van der Waals surface area contributed by atoms with Crippen LogP contribution in [0.3, 0.4) is 0 Å². The van der Waals surface area contributed by atoms with E-state index in [0.29, 0.717) is 12.5 Å². The van der Waals surface area contributed by atoms with Crippen molar-refractivity contribution >= 4 is 5.91 Å². The molecule has 1 saturated heterocycles. The predicted molar refractivity (Wildman–Crippen MR) is 85.8 cm³/mol. The molecule has 0 atom stereocenters. The monoisotopic (exact) mass is 289 g/mol. The fourth-order valence-corrected chi connectivity index (χ4v) is 2.87. The molecule has 0 unspecified atom stereocenters. The van der Waals surface area contributed by atoms with Gasteiger partial charge >= 0.3 is 0 Å². The summed E-state index contributed by atoms with van der Waals surface area (Å²) >= 11 is 0. The molecular weight excluding hydrogens is 262 g/mol. The zero-order chi connectivity index (χ0) is 14.9. The Morgan fingerprint density at radius 3 is 2.57 bits per heavy atom. The maximum Gasteiger partial charge on any atom is 0.217 e. The van der Waals surface area contributed by atoms with Crippen LogP contribution in [-0.4, -0.2) is 36.5 Å². The van der Waals surface area contributed by atoms with Gasteiger partial charge in [-0.2, -0.15) is 0 Å². The number of carbonyl (C=O) groups is 1. The van der Waals surface area contributed by atoms with E-state index in [-0.39, 0.29) is 5.91 Å². The third-order valence-electron chi connectivity index (χ3n) is 4.12. The zero-order valence-corrected chi connectivity index (χ0v) is 12.8. The van der Waals surface area contributed by atoms with Crippen LogP contribution >= 0.6 is 0 Å². The number of rotatable bonds is 8. The zero-order valence-electron chi connectivity index (χ0n) is 12.8. The van der Waals surface area contributed by atoms with Crippen LogP contribution in [0.15, 0.2) is 30.3 Å². The minimum Gasteiger partial charge on any atom is -0.370 e. The summed E-state index contributed by atoms with van der Waals surface area (Å²) in [5, 5.41) is 3.60. The molecule has 4 nitrogen and oxygen atoms in total. The summed E-state index contributed by atoms with van der Waals surface area (Å²) in [5.41, 5.74) is 6.53. The summed E-state index contributed by atoms with van der Waals surface area (Å²) < 4.78 is 0. The van der Waals surface area contributed by atoms with E-state index in [9.17, 15) is 4.79 Å². The first kappa shape index (κ1) is 16.0. The Morgan fingerprint density at radius 1 is 1.19 bits per heavy atom. The van der Waals surface area contributed by atoms with Crippen molar-refractivity contribution < 1.29 is 4.79 Å². The normalized spacial score (nSPS) is 17.0. The number of nitrogens with two attached hydrogens (primary N) is 1. The van der Waals surface area contributed by atoms with Gasteiger partial charge < -0.3 is 11.1 Å². The SMILES string of the molecule is NC(=O)CCCCNC1CCN(Cc2ccccc2)CC1. The van der Waals surface area contributed by atoms with Crippen molar-refractivity contribution in [1.82, 2.24) is 10.2 Å². The van der Waals surface area contributed by atoms with Gasteiger partial charge in [0.15, 0.2) is 0 Å². The summed E-state index contributed by atoms with van der Waals surface area (Å²) in [5.74, 6) is -0.191. The number of hydrogen-bond acceptors (Lipinski definition) is 3. The smallest absolute Gasteiger partial charge is 0.217 e. The van der Waals surface area contributed by atoms with Gasteiger partial charge in [0.1, 0.15) is 0 Å². The molecule has 21 heavy (non-hydrogen) atoms. The number of amides is 1. The van der Waals surface area contributed by atoms with Crippen LogP contribution in [0.4, 0.5) is 0 Å². The van der Waals surface area contributed by atoms with Crippen molar-refractivity contribution in [3.63, 3.8) is 0 Å². The van der Waals surface area contributed by atoms with Crippen molar-refractivity contribution in [2.45, 2.75) is 44.7 Å². The van der Waals surface area contributed by atoms with Gasteiger partial charge in [0.05, 0.1) is 0 Å². The van der Waals surface area contributed by atoms with Crippen LogP contribution in [-0.2, 0) is 11.3 Å². The van der Waals surface area contributed by atoms with Gasteiger partial charge in [-0.1, -0.05) is 30.3 Å². The Kier molecular flexibility index (Phi) is 6.70. The molecule has 3 N–H and O–H groups in total. The highest BCUT2D eigenvalue weighted by Gasteiger charge is 2.18. The first-order valence-electron chi connectivity index (χ1n) is 8.02. The van der Waals surface area contributed by atoms with Crippen LogP contribution in [0, 0.1) is 0 Å². The number of benzene rings is 1. The van der Waals surface area contributed by atoms with E-state index >= 15 is 0 Å². The Balaban J connectivity index is 1.57. The summed E-state index contributed by atoms with van der Waals surface area (Å²) in [6.45, 7) is 4.38. The number of piperidine rings is 1. The van der Waals surface area contributed by atoms with Gasteiger partial charge in [-0.25, -0.2) is 0 Å². The minimum absolute atomic E-state index is 0.191. The molecule has 1 aromatic carbocycles. The Morgan fingerprint density at radius 2 is 1.90 bits per heavy atom. The maximum atomic E-state index is 10.6. The van der Waals surface area contributed by atoms with Gasteiger partial charge in [-0.05, 0) is 50.9 Å². The molecule has 1 aliphatic rings. The predicted octanol–water partition coefficient (Wildman–Crippen LogP) is 1.90. The van der Waals surface area contributed by atoms with Crippen LogP contribution in [0.1, 0.15) is 37.7 Å². The van der Waals surface area contributed by atoms with E-state index in [0.717, 1.165) is 39.0 Å². The van der Waals surface area contributed by atoms with Crippen molar-refractivity contribution in [3.8, 4) is 0 Å². The average Bonchev–Trinajstić information content (AvgIpc) is 2.49. The highest BCUT2D eigenvalue weighted by Crippen LogP contribution is 2.13. The molecule has 0 bridgehead atoms. The first-order chi connectivity index (χ1) is 10.2. The third-order valence-corrected chi connectivity index (χ3v) is 4.12. The molecule has 1 amide bonds. The molecule has 1 aliphatic heterocycles. The van der Waals surface area contributed by atoms with Crippen molar-refractivity contribution in [3.05, 3.63) is 35.9 Å². The second kappa shape index (κ2) is 8.80. The second-order valence-corrected chi connectivity index (χ2v) is 5.91. The van der Waals surface area contributed by atoms with Crippen molar-refractivity contribution in [2.24, 2.45) is 5.73 Å². The van der Waals surface area contributed by atoms with E-state index in [1.165, 1.54) is 18.4 Å². The quantitative estimate of drug-likeness (QED) is 0.719. The van der Waals surface area contributed by atoms with Gasteiger partial charge in [0, 0.05) is 19.0 Å². The average molecular weight is 289 g/mol. The molecule has 0 radical (unpaired) electrons. The first-order valence-corrected chi connectivity index (χ1v) is 8.02. The van der Waals surface area contributed by atoms with Crippen molar-refractivity contribution in [1.29, 1.82) is 0 Å². The number of nitrogens with zero attached hydrogens (tertiary/aromatic N) is 1. The van der Waals surface area contributed by atoms with Crippen LogP contribution in [0.2, 0.25) is 0 Å². The topological polar surface area (TPSA) is 58.4 Å². The lowest BCUT2D eigenvalue weighted by atomic mass is 10.0. The van der Waals surface area contributed by atoms with Gasteiger partial charge in [-0.15, -0.1) is 0 Å². The Bertz CT molecular complexity index is 413. The fraction of sp³-hybridized carbons (Fsp3) is 0.588. The molecule has 0 saturated carbocycles. The van der Waals surface area contributed by atoms with Crippen LogP contribution in [0.25, 0.3) is 0 Å². The number of unbranched alkanes of at least 4 members (excludes halogenated alkanes) is 1. The van der Waals surface area contributed by atoms with Gasteiger partial charge in [0.25, 0.3) is 0 Å². The lowest BCUT2D eigenvalue weighted by Crippen LogP contribution is -2.42. The standard InChI is InChI=1S/C17H27N3O/c18-17(21)8-4-5-11-19-16-9-12-20(13-10-16)14-15-6-2-1-3-7-15/h1-3,6-7,16,19H,4-5,8-14H2,(H2,18,21). The van der Waals surface area contributed by atoms with E-state index in [4.69, 9.17) is 5.73 Å². The maximum absolute atomic E-state index is 10.6. The Labute approximate surface area is 127 Å². The second-order valence-electron chi connectivity index (χ2n) is 5.91. The molecular formula is C17H27N3O. The number of nitrogens with one attached hydrogen (secondary N) is 1. The Hall–Kier alpha value is -1.39. The molecule has 116 valence electrons. The van der Waals surface area contributed by atoms with E-state index in [1.807, 2.05) is 0 Å². The lowest BCUT2D eigenvalue weighted by molar-refractivity contribution is -0.118. The molecule has 0 aromatic heterocycles. The van der Waals surface area contributed by atoms with Crippen LogP contribution in [0.5, 0.6) is 0 Å². The largest absolute Gasteiger partial charge is 0.370 e. The number of carbonyl (C=O) groups excluding carboxylic acids is 1. The van der Waals surface area contributed by atoms with Gasteiger partial charge in [0.2, 0.25) is 5.91 Å². The molecule has 0 spiro atoms. The lowest BCUT2D eigenvalue weighted by Gasteiger charge is -2.32. The molecule has 4 heteroatoms. The summed E-state index contributed by atoms with van der Waals surface area (Å²) in [6, 6.07) is 11.3. The molecule has 0 aliphatic carbocycles. The van der Waals surface area contributed by atoms with Crippen LogP contribution < -0.4 is 11.1 Å². The van der Waals surface area contributed by atoms with E-state index in [2.05, 4.69) is 40.5 Å². The van der Waals surface area contributed by atoms with E-state index < -0.39 is 0 Å². The molecule has 1 aromatic rings. The number of hydrogen-bond donors (Lipinski definition) is 2. The number of primary amides is 1. The molecule has 2 rings (SSSR count). The molecule has 1 heterocycles. The summed E-state index contributed by atoms with van der Waals surface area (Å²) in [7, 11) is 0. The third kappa shape index (κ3) is 6.27. The summed E-state index contributed by atoms with van der Waals surface area (Å²) in [6.07, 6.45) is 4.87. The number of likely N-dealkylation sites (tertiary alicyclic amines) is 1. The van der Waals surface area contributed by atoms with Crippen molar-refractivity contribution in [2.75, 3.05) is 19.6 Å². The highest BCUT2D eigenvalue weighted by atomic mass is 16.1. The highest BCUT2D eigenvalue weighted by molar-refractivity contribution is 5.73. The van der Waals surface area contributed by atoms with E-state index in [1.54, 1.807) is 0 Å². The fourth-order valence-electron chi connectivity index (χ4n) is 2.87. The minimum atomic E-state index is -0.191. The van der Waals surface area contributed by atoms with Gasteiger partial charge in [-0.3, -0.25) is 9.69 Å². The molecule has 1 fully saturated rings.